The highest BCUT2D eigenvalue weighted by atomic mass is 32.2. The molecule has 0 aliphatic carbocycles. The summed E-state index contributed by atoms with van der Waals surface area (Å²) in [6, 6.07) is 15.3. The van der Waals surface area contributed by atoms with Gasteiger partial charge in [-0.3, -0.25) is 4.79 Å². The van der Waals surface area contributed by atoms with Gasteiger partial charge in [-0.1, -0.05) is 55.1 Å². The number of ether oxygens (including phenoxy) is 2. The Kier molecular flexibility index (Phi) is 7.39. The predicted octanol–water partition coefficient (Wildman–Crippen LogP) is 3.24. The molecule has 0 bridgehead atoms. The van der Waals surface area contributed by atoms with Crippen LogP contribution in [0.3, 0.4) is 0 Å². The second-order valence-corrected chi connectivity index (χ2v) is 9.01. The SMILES string of the molecule is CC(=O)Nc1cccc([C@H]2O[C@@H](CSc3nnnn3C)[C@@H](C)[C@@H](c3ccc(CO)cc3)O2)c1. The second kappa shape index (κ2) is 10.4. The number of nitrogens with zero attached hydrogens (tertiary/aromatic N) is 4. The van der Waals surface area contributed by atoms with Crippen molar-refractivity contribution in [1.29, 1.82) is 0 Å². The number of aryl methyl sites for hydroxylation is 1. The van der Waals surface area contributed by atoms with Crippen LogP contribution in [0.2, 0.25) is 0 Å². The Hall–Kier alpha value is -2.79. The van der Waals surface area contributed by atoms with Crippen molar-refractivity contribution in [2.75, 3.05) is 11.1 Å². The number of hydrogen-bond donors (Lipinski definition) is 2. The molecule has 0 unspecified atom stereocenters. The number of aromatic nitrogens is 4. The van der Waals surface area contributed by atoms with Gasteiger partial charge in [0, 0.05) is 36.9 Å². The summed E-state index contributed by atoms with van der Waals surface area (Å²) in [4.78, 5) is 11.5. The maximum absolute atomic E-state index is 11.5. The molecular formula is C23H27N5O4S. The van der Waals surface area contributed by atoms with Crippen molar-refractivity contribution in [3.63, 3.8) is 0 Å². The second-order valence-electron chi connectivity index (χ2n) is 8.02. The smallest absolute Gasteiger partial charge is 0.221 e. The molecule has 1 aliphatic rings. The van der Waals surface area contributed by atoms with Crippen LogP contribution in [0.4, 0.5) is 5.69 Å². The van der Waals surface area contributed by atoms with Gasteiger partial charge in [0.2, 0.25) is 11.1 Å². The number of thioether (sulfide) groups is 1. The highest BCUT2D eigenvalue weighted by molar-refractivity contribution is 7.99. The lowest BCUT2D eigenvalue weighted by molar-refractivity contribution is -0.268. The van der Waals surface area contributed by atoms with E-state index in [2.05, 4.69) is 27.8 Å². The van der Waals surface area contributed by atoms with Crippen molar-refractivity contribution < 1.29 is 19.4 Å². The first-order valence-corrected chi connectivity index (χ1v) is 11.7. The summed E-state index contributed by atoms with van der Waals surface area (Å²) in [6.45, 7) is 3.57. The standard InChI is InChI=1S/C23H27N5O4S/c1-14-20(13-33-23-25-26-27-28(23)3)31-22(18-5-4-6-19(11-18)24-15(2)30)32-21(14)17-9-7-16(12-29)8-10-17/h4-11,14,20-22,29H,12-13H2,1-3H3,(H,24,30)/t14-,20+,21+,22+/m1/s1. The summed E-state index contributed by atoms with van der Waals surface area (Å²) in [7, 11) is 1.80. The number of benzene rings is 2. The molecule has 174 valence electrons. The Balaban J connectivity index is 1.60. The van der Waals surface area contributed by atoms with E-state index in [4.69, 9.17) is 9.47 Å². The van der Waals surface area contributed by atoms with Crippen LogP contribution in [0.25, 0.3) is 0 Å². The Morgan fingerprint density at radius 1 is 1.18 bits per heavy atom. The van der Waals surface area contributed by atoms with Gasteiger partial charge in [-0.25, -0.2) is 4.68 Å². The van der Waals surface area contributed by atoms with Crippen LogP contribution in [-0.4, -0.2) is 43.1 Å². The van der Waals surface area contributed by atoms with Crippen molar-refractivity contribution in [1.82, 2.24) is 20.2 Å². The highest BCUT2D eigenvalue weighted by Gasteiger charge is 2.38. The third kappa shape index (κ3) is 5.59. The molecular weight excluding hydrogens is 442 g/mol. The molecule has 4 atom stereocenters. The number of anilines is 1. The third-order valence-corrected chi connectivity index (χ3v) is 6.66. The van der Waals surface area contributed by atoms with E-state index in [1.807, 2.05) is 48.5 Å². The Labute approximate surface area is 196 Å². The van der Waals surface area contributed by atoms with Gasteiger partial charge in [-0.15, -0.1) is 5.10 Å². The van der Waals surface area contributed by atoms with Crippen molar-refractivity contribution >= 4 is 23.4 Å². The van der Waals surface area contributed by atoms with E-state index in [1.54, 1.807) is 11.7 Å². The first-order chi connectivity index (χ1) is 15.9. The van der Waals surface area contributed by atoms with Crippen LogP contribution in [0.1, 0.15) is 42.9 Å². The van der Waals surface area contributed by atoms with E-state index in [-0.39, 0.29) is 30.6 Å². The van der Waals surface area contributed by atoms with Crippen LogP contribution in [0.15, 0.2) is 53.7 Å². The highest BCUT2D eigenvalue weighted by Crippen LogP contribution is 2.43. The number of carbonyl (C=O) groups excluding carboxylic acids is 1. The first kappa shape index (κ1) is 23.4. The van der Waals surface area contributed by atoms with Gasteiger partial charge < -0.3 is 19.9 Å². The molecule has 2 aromatic carbocycles. The molecule has 3 aromatic rings. The molecule has 2 heterocycles. The number of carbonyl (C=O) groups is 1. The lowest BCUT2D eigenvalue weighted by Gasteiger charge is -2.41. The number of nitrogens with one attached hydrogen (secondary N) is 1. The minimum Gasteiger partial charge on any atom is -0.392 e. The minimum atomic E-state index is -0.611. The summed E-state index contributed by atoms with van der Waals surface area (Å²) in [5, 5.41) is 24.6. The number of aliphatic hydroxyl groups excluding tert-OH is 1. The zero-order valence-electron chi connectivity index (χ0n) is 18.7. The van der Waals surface area contributed by atoms with Gasteiger partial charge in [0.25, 0.3) is 0 Å². The molecule has 2 N–H and O–H groups in total. The summed E-state index contributed by atoms with van der Waals surface area (Å²) in [5.74, 6) is 0.555. The van der Waals surface area contributed by atoms with Gasteiger partial charge in [-0.05, 0) is 33.7 Å². The summed E-state index contributed by atoms with van der Waals surface area (Å²) in [6.07, 6.45) is -0.970. The predicted molar refractivity (Wildman–Crippen MR) is 123 cm³/mol. The summed E-state index contributed by atoms with van der Waals surface area (Å²) in [5.41, 5.74) is 3.37. The molecule has 1 fully saturated rings. The maximum atomic E-state index is 11.5. The molecule has 1 amide bonds. The fraction of sp³-hybridized carbons (Fsp3) is 0.391. The normalized spacial score (nSPS) is 22.8. The first-order valence-electron chi connectivity index (χ1n) is 10.7. The molecule has 4 rings (SSSR count). The van der Waals surface area contributed by atoms with Crippen LogP contribution < -0.4 is 5.32 Å². The number of tetrazole rings is 1. The average Bonchev–Trinajstić information content (AvgIpc) is 3.23. The molecule has 1 saturated heterocycles. The molecule has 1 aromatic heterocycles. The third-order valence-electron chi connectivity index (χ3n) is 5.56. The molecule has 0 saturated carbocycles. The van der Waals surface area contributed by atoms with Crippen molar-refractivity contribution in [2.45, 2.75) is 44.1 Å². The average molecular weight is 470 g/mol. The minimum absolute atomic E-state index is 0.00592. The van der Waals surface area contributed by atoms with E-state index in [1.165, 1.54) is 18.7 Å². The topological polar surface area (TPSA) is 111 Å². The zero-order chi connectivity index (χ0) is 23.4. The van der Waals surface area contributed by atoms with Gasteiger partial charge in [0.15, 0.2) is 6.29 Å². The fourth-order valence-corrected chi connectivity index (χ4v) is 4.79. The van der Waals surface area contributed by atoms with Crippen LogP contribution >= 0.6 is 11.8 Å². The van der Waals surface area contributed by atoms with E-state index in [9.17, 15) is 9.90 Å². The maximum Gasteiger partial charge on any atom is 0.221 e. The number of rotatable bonds is 7. The van der Waals surface area contributed by atoms with Gasteiger partial charge >= 0.3 is 0 Å². The molecule has 9 nitrogen and oxygen atoms in total. The number of hydrogen-bond acceptors (Lipinski definition) is 8. The number of aliphatic hydroxyl groups is 1. The van der Waals surface area contributed by atoms with E-state index in [0.29, 0.717) is 16.6 Å². The Bertz CT molecular complexity index is 1090. The summed E-state index contributed by atoms with van der Waals surface area (Å²) < 4.78 is 14.5. The monoisotopic (exact) mass is 469 g/mol. The van der Waals surface area contributed by atoms with Crippen LogP contribution in [-0.2, 0) is 27.9 Å². The zero-order valence-corrected chi connectivity index (χ0v) is 19.5. The summed E-state index contributed by atoms with van der Waals surface area (Å²) >= 11 is 1.53. The van der Waals surface area contributed by atoms with Crippen molar-refractivity contribution in [2.24, 2.45) is 13.0 Å². The van der Waals surface area contributed by atoms with E-state index in [0.717, 1.165) is 16.7 Å². The van der Waals surface area contributed by atoms with Gasteiger partial charge in [0.1, 0.15) is 0 Å². The van der Waals surface area contributed by atoms with E-state index >= 15 is 0 Å². The van der Waals surface area contributed by atoms with Crippen molar-refractivity contribution in [3.8, 4) is 0 Å². The lowest BCUT2D eigenvalue weighted by atomic mass is 9.91. The number of amides is 1. The van der Waals surface area contributed by atoms with Crippen molar-refractivity contribution in [3.05, 3.63) is 65.2 Å². The molecule has 33 heavy (non-hydrogen) atoms. The van der Waals surface area contributed by atoms with Crippen LogP contribution in [0.5, 0.6) is 0 Å². The quantitative estimate of drug-likeness (QED) is 0.507. The fourth-order valence-electron chi connectivity index (χ4n) is 3.78. The van der Waals surface area contributed by atoms with Gasteiger partial charge in [0.05, 0.1) is 18.8 Å². The lowest BCUT2D eigenvalue weighted by Crippen LogP contribution is -2.38. The molecule has 10 heteroatoms. The Morgan fingerprint density at radius 2 is 1.97 bits per heavy atom. The van der Waals surface area contributed by atoms with E-state index < -0.39 is 6.29 Å². The van der Waals surface area contributed by atoms with Crippen LogP contribution in [0, 0.1) is 5.92 Å². The molecule has 0 spiro atoms. The largest absolute Gasteiger partial charge is 0.392 e. The Morgan fingerprint density at radius 3 is 2.64 bits per heavy atom. The molecule has 0 radical (unpaired) electrons. The molecule has 1 aliphatic heterocycles. The van der Waals surface area contributed by atoms with Gasteiger partial charge in [-0.2, -0.15) is 0 Å².